The first-order chi connectivity index (χ1) is 9.79. The van der Waals surface area contributed by atoms with Crippen molar-refractivity contribution in [3.05, 3.63) is 23.4 Å². The maximum absolute atomic E-state index is 7.77. The molecule has 0 amide bonds. The second-order valence-electron chi connectivity index (χ2n) is 7.22. The van der Waals surface area contributed by atoms with E-state index in [0.717, 1.165) is 36.1 Å². The van der Waals surface area contributed by atoms with E-state index in [1.54, 1.807) is 0 Å². The first kappa shape index (κ1) is 15.8. The van der Waals surface area contributed by atoms with E-state index in [4.69, 9.17) is 11.1 Å². The maximum Gasteiger partial charge on any atom is 0.139 e. The molecule has 4 nitrogen and oxygen atoms in total. The van der Waals surface area contributed by atoms with Gasteiger partial charge in [-0.15, -0.1) is 0 Å². The summed E-state index contributed by atoms with van der Waals surface area (Å²) in [6.07, 6.45) is 3.62. The van der Waals surface area contributed by atoms with Crippen LogP contribution in [-0.4, -0.2) is 23.9 Å². The van der Waals surface area contributed by atoms with Crippen LogP contribution < -0.4 is 10.6 Å². The molecule has 1 aliphatic rings. The van der Waals surface area contributed by atoms with Crippen molar-refractivity contribution in [2.45, 2.75) is 47.0 Å². The predicted molar refractivity (Wildman–Crippen MR) is 89.0 cm³/mol. The van der Waals surface area contributed by atoms with Crippen LogP contribution in [0.2, 0.25) is 0 Å². The van der Waals surface area contributed by atoms with Crippen LogP contribution in [0.15, 0.2) is 12.1 Å². The van der Waals surface area contributed by atoms with E-state index < -0.39 is 0 Å². The zero-order chi connectivity index (χ0) is 15.6. The first-order valence-corrected chi connectivity index (χ1v) is 7.86. The van der Waals surface area contributed by atoms with Crippen LogP contribution in [-0.2, 0) is 0 Å². The highest BCUT2D eigenvalue weighted by molar-refractivity contribution is 5.99. The Kier molecular flexibility index (Phi) is 4.55. The number of nitrogens with zero attached hydrogens (tertiary/aromatic N) is 2. The average Bonchev–Trinajstić information content (AvgIpc) is 2.63. The minimum absolute atomic E-state index is 0.106. The molecule has 1 fully saturated rings. The number of pyridine rings is 1. The van der Waals surface area contributed by atoms with Gasteiger partial charge >= 0.3 is 0 Å². The lowest BCUT2D eigenvalue weighted by Crippen LogP contribution is -2.29. The number of hydrogen-bond donors (Lipinski definition) is 2. The molecule has 4 heteroatoms. The molecule has 1 aromatic rings. The average molecular weight is 288 g/mol. The van der Waals surface area contributed by atoms with Crippen LogP contribution in [0.3, 0.4) is 0 Å². The maximum atomic E-state index is 7.77. The monoisotopic (exact) mass is 288 g/mol. The standard InChI is InChI=1S/C17H28N4/c1-12-7-8-14(15(18)19)16(20-12)21-10-5-6-13(9-11-21)17(2,3)4/h7-8,13H,5-6,9-11H2,1-4H3,(H3,18,19). The van der Waals surface area contributed by atoms with Crippen molar-refractivity contribution in [2.24, 2.45) is 17.1 Å². The van der Waals surface area contributed by atoms with Gasteiger partial charge in [0.25, 0.3) is 0 Å². The molecule has 1 atom stereocenters. The number of aromatic nitrogens is 1. The Morgan fingerprint density at radius 3 is 2.62 bits per heavy atom. The Hall–Kier alpha value is -1.58. The van der Waals surface area contributed by atoms with Gasteiger partial charge in [0.1, 0.15) is 11.7 Å². The molecule has 116 valence electrons. The largest absolute Gasteiger partial charge is 0.384 e. The fourth-order valence-corrected chi connectivity index (χ4v) is 3.17. The van der Waals surface area contributed by atoms with Crippen molar-refractivity contribution in [3.63, 3.8) is 0 Å². The Morgan fingerprint density at radius 2 is 2.00 bits per heavy atom. The lowest BCUT2D eigenvalue weighted by atomic mass is 9.77. The normalized spacial score (nSPS) is 20.2. The van der Waals surface area contributed by atoms with E-state index in [1.807, 2.05) is 19.1 Å². The zero-order valence-corrected chi connectivity index (χ0v) is 13.7. The third kappa shape index (κ3) is 3.74. The van der Waals surface area contributed by atoms with Crippen molar-refractivity contribution in [3.8, 4) is 0 Å². The van der Waals surface area contributed by atoms with Gasteiger partial charge < -0.3 is 10.6 Å². The van der Waals surface area contributed by atoms with E-state index in [1.165, 1.54) is 19.3 Å². The number of hydrogen-bond acceptors (Lipinski definition) is 3. The summed E-state index contributed by atoms with van der Waals surface area (Å²) < 4.78 is 0. The highest BCUT2D eigenvalue weighted by Gasteiger charge is 2.28. The number of nitrogen functional groups attached to an aromatic ring is 1. The predicted octanol–water partition coefficient (Wildman–Crippen LogP) is 3.33. The number of anilines is 1. The second-order valence-corrected chi connectivity index (χ2v) is 7.22. The molecular weight excluding hydrogens is 260 g/mol. The van der Waals surface area contributed by atoms with Crippen LogP contribution in [0, 0.1) is 23.7 Å². The summed E-state index contributed by atoms with van der Waals surface area (Å²) in [4.78, 5) is 6.97. The molecular formula is C17H28N4. The number of nitrogens with two attached hydrogens (primary N) is 1. The molecule has 0 bridgehead atoms. The Morgan fingerprint density at radius 1 is 1.29 bits per heavy atom. The molecule has 3 N–H and O–H groups in total. The van der Waals surface area contributed by atoms with Crippen LogP contribution in [0.4, 0.5) is 5.82 Å². The Labute approximate surface area is 128 Å². The van der Waals surface area contributed by atoms with Crippen LogP contribution in [0.1, 0.15) is 51.3 Å². The Bertz CT molecular complexity index is 516. The van der Waals surface area contributed by atoms with Crippen molar-refractivity contribution in [1.29, 1.82) is 5.41 Å². The van der Waals surface area contributed by atoms with Gasteiger partial charge in [0, 0.05) is 18.8 Å². The van der Waals surface area contributed by atoms with Gasteiger partial charge in [-0.05, 0) is 49.7 Å². The lowest BCUT2D eigenvalue weighted by Gasteiger charge is -2.30. The van der Waals surface area contributed by atoms with Crippen LogP contribution in [0.25, 0.3) is 0 Å². The fraction of sp³-hybridized carbons (Fsp3) is 0.647. The van der Waals surface area contributed by atoms with Crippen LogP contribution in [0.5, 0.6) is 0 Å². The summed E-state index contributed by atoms with van der Waals surface area (Å²) in [6.45, 7) is 11.0. The van der Waals surface area contributed by atoms with Gasteiger partial charge in [0.15, 0.2) is 0 Å². The van der Waals surface area contributed by atoms with Crippen molar-refractivity contribution < 1.29 is 0 Å². The molecule has 0 aliphatic carbocycles. The number of rotatable bonds is 2. The second kappa shape index (κ2) is 6.04. The van der Waals surface area contributed by atoms with Gasteiger partial charge in [-0.1, -0.05) is 20.8 Å². The van der Waals surface area contributed by atoms with E-state index in [9.17, 15) is 0 Å². The first-order valence-electron chi connectivity index (χ1n) is 7.86. The van der Waals surface area contributed by atoms with Gasteiger partial charge in [0.05, 0.1) is 5.56 Å². The molecule has 21 heavy (non-hydrogen) atoms. The van der Waals surface area contributed by atoms with E-state index in [2.05, 4.69) is 30.7 Å². The molecule has 2 heterocycles. The lowest BCUT2D eigenvalue weighted by molar-refractivity contribution is 0.220. The highest BCUT2D eigenvalue weighted by Crippen LogP contribution is 2.35. The van der Waals surface area contributed by atoms with Gasteiger partial charge in [0.2, 0.25) is 0 Å². The summed E-state index contributed by atoms with van der Waals surface area (Å²) in [5.74, 6) is 1.74. The minimum Gasteiger partial charge on any atom is -0.384 e. The summed E-state index contributed by atoms with van der Waals surface area (Å²) in [6, 6.07) is 3.85. The number of amidine groups is 1. The third-order valence-corrected chi connectivity index (χ3v) is 4.56. The number of nitrogens with one attached hydrogen (secondary N) is 1. The van der Waals surface area contributed by atoms with Gasteiger partial charge in [-0.25, -0.2) is 4.98 Å². The van der Waals surface area contributed by atoms with Crippen molar-refractivity contribution in [2.75, 3.05) is 18.0 Å². The summed E-state index contributed by atoms with van der Waals surface area (Å²) in [5.41, 5.74) is 7.82. The zero-order valence-electron chi connectivity index (χ0n) is 13.7. The van der Waals surface area contributed by atoms with E-state index >= 15 is 0 Å². The molecule has 0 aromatic carbocycles. The third-order valence-electron chi connectivity index (χ3n) is 4.56. The van der Waals surface area contributed by atoms with Crippen molar-refractivity contribution >= 4 is 11.7 Å². The van der Waals surface area contributed by atoms with E-state index in [0.29, 0.717) is 5.41 Å². The SMILES string of the molecule is Cc1ccc(C(=N)N)c(N2CCCC(C(C)(C)C)CC2)n1. The molecule has 0 radical (unpaired) electrons. The molecule has 0 saturated carbocycles. The molecule has 1 saturated heterocycles. The molecule has 2 rings (SSSR count). The fourth-order valence-electron chi connectivity index (χ4n) is 3.17. The Balaban J connectivity index is 2.23. The number of aryl methyl sites for hydroxylation is 1. The van der Waals surface area contributed by atoms with Crippen molar-refractivity contribution in [1.82, 2.24) is 4.98 Å². The summed E-state index contributed by atoms with van der Waals surface area (Å²) >= 11 is 0. The topological polar surface area (TPSA) is 66.0 Å². The summed E-state index contributed by atoms with van der Waals surface area (Å²) in [7, 11) is 0. The molecule has 1 aromatic heterocycles. The molecule has 0 spiro atoms. The summed E-state index contributed by atoms with van der Waals surface area (Å²) in [5, 5.41) is 7.77. The van der Waals surface area contributed by atoms with Gasteiger partial charge in [-0.2, -0.15) is 0 Å². The smallest absolute Gasteiger partial charge is 0.139 e. The van der Waals surface area contributed by atoms with Gasteiger partial charge in [-0.3, -0.25) is 5.41 Å². The van der Waals surface area contributed by atoms with Crippen LogP contribution >= 0.6 is 0 Å². The van der Waals surface area contributed by atoms with E-state index in [-0.39, 0.29) is 5.84 Å². The highest BCUT2D eigenvalue weighted by atomic mass is 15.2. The molecule has 1 unspecified atom stereocenters. The molecule has 1 aliphatic heterocycles. The minimum atomic E-state index is 0.106. The quantitative estimate of drug-likeness (QED) is 0.648.